The Hall–Kier alpha value is -5.40. The largest absolute Gasteiger partial charge is 0.277 e. The summed E-state index contributed by atoms with van der Waals surface area (Å²) < 4.78 is 4.61. The minimum Gasteiger partial charge on any atom is -0.277 e. The van der Waals surface area contributed by atoms with Crippen molar-refractivity contribution in [2.24, 2.45) is 0 Å². The van der Waals surface area contributed by atoms with Gasteiger partial charge in [-0.05, 0) is 75.1 Å². The van der Waals surface area contributed by atoms with Crippen molar-refractivity contribution in [2.45, 2.75) is 0 Å². The van der Waals surface area contributed by atoms with Crippen LogP contribution in [-0.4, -0.2) is 13.8 Å². The molecule has 0 atom stereocenters. The summed E-state index contributed by atoms with van der Waals surface area (Å²) in [6.45, 7) is 0. The molecule has 0 N–H and O–H groups in total. The Kier molecular flexibility index (Phi) is 3.57. The van der Waals surface area contributed by atoms with Gasteiger partial charge in [0.2, 0.25) is 5.78 Å². The molecule has 4 nitrogen and oxygen atoms in total. The second-order valence-electron chi connectivity index (χ2n) is 10.0. The van der Waals surface area contributed by atoms with E-state index < -0.39 is 0 Å². The van der Waals surface area contributed by atoms with Crippen molar-refractivity contribution in [3.63, 3.8) is 0 Å². The average Bonchev–Trinajstić information content (AvgIpc) is 3.59. The van der Waals surface area contributed by atoms with Gasteiger partial charge in [-0.25, -0.2) is 4.98 Å². The normalized spacial score (nSPS) is 12.2. The first-order valence-corrected chi connectivity index (χ1v) is 12.7. The fourth-order valence-corrected chi connectivity index (χ4v) is 6.31. The Balaban J connectivity index is 1.55. The summed E-state index contributed by atoms with van der Waals surface area (Å²) in [4.78, 5) is 5.20. The quantitative estimate of drug-likeness (QED) is 0.236. The molecular weight excluding hydrogens is 464 g/mol. The van der Waals surface area contributed by atoms with Gasteiger partial charge in [0.25, 0.3) is 0 Å². The van der Waals surface area contributed by atoms with Gasteiger partial charge in [0.05, 0.1) is 39.2 Å². The van der Waals surface area contributed by atoms with Gasteiger partial charge in [0.1, 0.15) is 0 Å². The number of aromatic nitrogens is 3. The van der Waals surface area contributed by atoms with E-state index in [0.717, 1.165) is 44.5 Å². The Bertz CT molecular complexity index is 2470. The maximum atomic E-state index is 9.88. The van der Waals surface area contributed by atoms with Crippen molar-refractivity contribution in [1.82, 2.24) is 13.8 Å². The third-order valence-electron chi connectivity index (χ3n) is 8.01. The van der Waals surface area contributed by atoms with Crippen LogP contribution < -0.4 is 0 Å². The molecule has 4 heteroatoms. The highest BCUT2D eigenvalue weighted by Crippen LogP contribution is 2.41. The smallest absolute Gasteiger partial charge is 0.220 e. The first-order valence-electron chi connectivity index (χ1n) is 12.7. The van der Waals surface area contributed by atoms with Crippen LogP contribution in [0.15, 0.2) is 109 Å². The molecule has 0 bridgehead atoms. The van der Waals surface area contributed by atoms with Gasteiger partial charge in [0, 0.05) is 10.8 Å². The first-order chi connectivity index (χ1) is 18.8. The monoisotopic (exact) mass is 482 g/mol. The fraction of sp³-hybridized carbons (Fsp3) is 0. The maximum Gasteiger partial charge on any atom is 0.220 e. The van der Waals surface area contributed by atoms with E-state index in [1.165, 1.54) is 32.3 Å². The molecule has 38 heavy (non-hydrogen) atoms. The second kappa shape index (κ2) is 6.88. The van der Waals surface area contributed by atoms with E-state index in [1.807, 2.05) is 24.3 Å². The molecular formula is C34H18N4. The molecule has 0 radical (unpaired) electrons. The van der Waals surface area contributed by atoms with Crippen molar-refractivity contribution in [3.8, 4) is 17.2 Å². The van der Waals surface area contributed by atoms with Gasteiger partial charge < -0.3 is 0 Å². The highest BCUT2D eigenvalue weighted by atomic mass is 15.2. The molecule has 9 aromatic rings. The van der Waals surface area contributed by atoms with E-state index >= 15 is 0 Å². The summed E-state index contributed by atoms with van der Waals surface area (Å²) >= 11 is 0. The van der Waals surface area contributed by atoms with Crippen LogP contribution in [0, 0.1) is 11.3 Å². The molecule has 0 saturated carbocycles. The van der Waals surface area contributed by atoms with E-state index in [-0.39, 0.29) is 0 Å². The Morgan fingerprint density at radius 3 is 2.00 bits per heavy atom. The summed E-state index contributed by atoms with van der Waals surface area (Å²) in [5, 5.41) is 17.0. The van der Waals surface area contributed by atoms with Crippen LogP contribution in [0.4, 0.5) is 0 Å². The number of imidazole rings is 2. The zero-order valence-corrected chi connectivity index (χ0v) is 20.2. The molecule has 3 aromatic heterocycles. The molecule has 0 spiro atoms. The van der Waals surface area contributed by atoms with Gasteiger partial charge >= 0.3 is 0 Å². The van der Waals surface area contributed by atoms with E-state index in [4.69, 9.17) is 4.98 Å². The lowest BCUT2D eigenvalue weighted by Gasteiger charge is -2.07. The van der Waals surface area contributed by atoms with E-state index in [2.05, 4.69) is 99.8 Å². The van der Waals surface area contributed by atoms with Gasteiger partial charge in [-0.15, -0.1) is 0 Å². The van der Waals surface area contributed by atoms with Crippen molar-refractivity contribution in [1.29, 1.82) is 5.26 Å². The third kappa shape index (κ3) is 2.40. The third-order valence-corrected chi connectivity index (χ3v) is 8.01. The minimum atomic E-state index is 0.674. The molecule has 0 saturated heterocycles. The average molecular weight is 483 g/mol. The van der Waals surface area contributed by atoms with Gasteiger partial charge in [-0.2, -0.15) is 5.26 Å². The van der Waals surface area contributed by atoms with E-state index in [0.29, 0.717) is 5.56 Å². The molecule has 0 amide bonds. The van der Waals surface area contributed by atoms with Crippen LogP contribution >= 0.6 is 0 Å². The standard InChI is InChI=1S/C34H18N4/c35-19-24-11-5-6-12-26(24)25-14-28-27-13-20-7-1-3-9-22(20)16-30(27)38-33(28)32(18-25)37-31-17-23-10-4-2-8-21(23)15-29(31)36-34(37)38/h1-18H. The van der Waals surface area contributed by atoms with Crippen LogP contribution in [0.1, 0.15) is 5.56 Å². The lowest BCUT2D eigenvalue weighted by molar-refractivity contribution is 1.22. The summed E-state index contributed by atoms with van der Waals surface area (Å²) in [7, 11) is 0. The van der Waals surface area contributed by atoms with E-state index in [9.17, 15) is 5.26 Å². The minimum absolute atomic E-state index is 0.674. The molecule has 0 aliphatic rings. The van der Waals surface area contributed by atoms with Gasteiger partial charge in [0.15, 0.2) is 0 Å². The molecule has 174 valence electrons. The summed E-state index contributed by atoms with van der Waals surface area (Å²) in [6, 6.07) is 40.6. The maximum absolute atomic E-state index is 9.88. The summed E-state index contributed by atoms with van der Waals surface area (Å²) in [5.74, 6) is 0.909. The van der Waals surface area contributed by atoms with Crippen LogP contribution in [0.5, 0.6) is 0 Å². The number of benzene rings is 6. The van der Waals surface area contributed by atoms with Crippen molar-refractivity contribution in [2.75, 3.05) is 0 Å². The van der Waals surface area contributed by atoms with Gasteiger partial charge in [-0.3, -0.25) is 8.80 Å². The summed E-state index contributed by atoms with van der Waals surface area (Å²) in [5.41, 5.74) is 8.11. The number of hydrogen-bond acceptors (Lipinski definition) is 2. The molecule has 6 aromatic carbocycles. The molecule has 9 rings (SSSR count). The topological polar surface area (TPSA) is 45.5 Å². The molecule has 0 aliphatic heterocycles. The number of nitrogens with zero attached hydrogens (tertiary/aromatic N) is 4. The lowest BCUT2D eigenvalue weighted by atomic mass is 9.97. The van der Waals surface area contributed by atoms with Crippen LogP contribution in [-0.2, 0) is 0 Å². The Labute approximate surface area is 216 Å². The number of fused-ring (bicyclic) bond motifs is 10. The van der Waals surface area contributed by atoms with Crippen LogP contribution in [0.25, 0.3) is 76.8 Å². The summed E-state index contributed by atoms with van der Waals surface area (Å²) in [6.07, 6.45) is 0. The van der Waals surface area contributed by atoms with Crippen LogP contribution in [0.3, 0.4) is 0 Å². The molecule has 0 aliphatic carbocycles. The highest BCUT2D eigenvalue weighted by molar-refractivity contribution is 6.20. The number of nitriles is 1. The SMILES string of the molecule is N#Cc1ccccc1-c1cc2c3cc4ccccc4cc3n3c2c(c1)n1c2cc4ccccc4cc2nc13. The predicted molar refractivity (Wildman–Crippen MR) is 155 cm³/mol. The lowest BCUT2D eigenvalue weighted by Crippen LogP contribution is -1.87. The number of hydrogen-bond donors (Lipinski definition) is 0. The first kappa shape index (κ1) is 19.7. The molecule has 0 fully saturated rings. The Morgan fingerprint density at radius 2 is 1.24 bits per heavy atom. The Morgan fingerprint density at radius 1 is 0.579 bits per heavy atom. The molecule has 0 unspecified atom stereocenters. The number of rotatable bonds is 1. The second-order valence-corrected chi connectivity index (χ2v) is 10.0. The predicted octanol–water partition coefficient (Wildman–Crippen LogP) is 8.33. The molecule has 3 heterocycles. The fourth-order valence-electron chi connectivity index (χ4n) is 6.31. The highest BCUT2D eigenvalue weighted by Gasteiger charge is 2.23. The van der Waals surface area contributed by atoms with Gasteiger partial charge in [-0.1, -0.05) is 66.7 Å². The van der Waals surface area contributed by atoms with E-state index in [1.54, 1.807) is 0 Å². The van der Waals surface area contributed by atoms with Crippen molar-refractivity contribution in [3.05, 3.63) is 115 Å². The van der Waals surface area contributed by atoms with Crippen molar-refractivity contribution >= 4 is 65.7 Å². The van der Waals surface area contributed by atoms with Crippen LogP contribution in [0.2, 0.25) is 0 Å². The zero-order valence-electron chi connectivity index (χ0n) is 20.2. The van der Waals surface area contributed by atoms with Crippen molar-refractivity contribution < 1.29 is 0 Å². The zero-order chi connectivity index (χ0) is 25.0.